The molecule has 0 saturated heterocycles. The molecule has 0 bridgehead atoms. The Morgan fingerprint density at radius 2 is 2.28 bits per heavy atom. The standard InChI is InChI=1S/C11H11BrN4O2/c12-8-1-2-9(14-5-8)7-18-11(17)6-16-4-3-10(13)15-16/h1-5H,6-7H2,(H2,13,15). The third kappa shape index (κ3) is 3.56. The first-order valence-corrected chi connectivity index (χ1v) is 5.98. The first-order chi connectivity index (χ1) is 8.63. The van der Waals surface area contributed by atoms with Crippen molar-refractivity contribution in [2.75, 3.05) is 5.73 Å². The first kappa shape index (κ1) is 12.6. The molecule has 0 aliphatic carbocycles. The van der Waals surface area contributed by atoms with Crippen LogP contribution in [0.1, 0.15) is 5.69 Å². The van der Waals surface area contributed by atoms with E-state index >= 15 is 0 Å². The van der Waals surface area contributed by atoms with Gasteiger partial charge in [0, 0.05) is 16.9 Å². The number of hydrogen-bond donors (Lipinski definition) is 1. The highest BCUT2D eigenvalue weighted by atomic mass is 79.9. The van der Waals surface area contributed by atoms with E-state index in [1.165, 1.54) is 4.68 Å². The lowest BCUT2D eigenvalue weighted by Gasteiger charge is -2.04. The number of nitrogens with zero attached hydrogens (tertiary/aromatic N) is 3. The van der Waals surface area contributed by atoms with Crippen LogP contribution < -0.4 is 5.73 Å². The van der Waals surface area contributed by atoms with E-state index in [2.05, 4.69) is 26.0 Å². The van der Waals surface area contributed by atoms with Crippen molar-refractivity contribution in [2.45, 2.75) is 13.2 Å². The molecule has 0 aliphatic heterocycles. The summed E-state index contributed by atoms with van der Waals surface area (Å²) in [4.78, 5) is 15.6. The van der Waals surface area contributed by atoms with Crippen LogP contribution in [0.15, 0.2) is 35.1 Å². The Morgan fingerprint density at radius 3 is 2.89 bits per heavy atom. The molecule has 2 rings (SSSR count). The number of carbonyl (C=O) groups excluding carboxylic acids is 1. The third-order valence-corrected chi connectivity index (χ3v) is 2.59. The summed E-state index contributed by atoms with van der Waals surface area (Å²) in [5.74, 6) is -0.0137. The van der Waals surface area contributed by atoms with Crippen molar-refractivity contribution in [1.82, 2.24) is 14.8 Å². The van der Waals surface area contributed by atoms with Crippen molar-refractivity contribution in [3.8, 4) is 0 Å². The van der Waals surface area contributed by atoms with Crippen molar-refractivity contribution in [3.63, 3.8) is 0 Å². The minimum atomic E-state index is -0.386. The Bertz CT molecular complexity index is 538. The minimum absolute atomic E-state index is 0.0354. The van der Waals surface area contributed by atoms with Gasteiger partial charge in [-0.2, -0.15) is 5.10 Å². The molecular formula is C11H11BrN4O2. The summed E-state index contributed by atoms with van der Waals surface area (Å²) in [6, 6.07) is 5.23. The van der Waals surface area contributed by atoms with Crippen molar-refractivity contribution < 1.29 is 9.53 Å². The maximum Gasteiger partial charge on any atom is 0.328 e. The highest BCUT2D eigenvalue weighted by molar-refractivity contribution is 9.10. The van der Waals surface area contributed by atoms with Gasteiger partial charge in [-0.3, -0.25) is 14.5 Å². The SMILES string of the molecule is Nc1ccn(CC(=O)OCc2ccc(Br)cn2)n1. The molecule has 0 unspecified atom stereocenters. The van der Waals surface area contributed by atoms with E-state index < -0.39 is 0 Å². The zero-order valence-corrected chi connectivity index (χ0v) is 11.0. The molecule has 18 heavy (non-hydrogen) atoms. The predicted molar refractivity (Wildman–Crippen MR) is 68.4 cm³/mol. The molecule has 0 saturated carbocycles. The Balaban J connectivity index is 1.83. The van der Waals surface area contributed by atoms with Crippen LogP contribution in [0, 0.1) is 0 Å². The summed E-state index contributed by atoms with van der Waals surface area (Å²) in [6.45, 7) is 0.177. The van der Waals surface area contributed by atoms with Crippen LogP contribution >= 0.6 is 15.9 Å². The molecule has 0 spiro atoms. The number of anilines is 1. The Kier molecular flexibility index (Phi) is 3.93. The van der Waals surface area contributed by atoms with E-state index in [0.717, 1.165) is 4.47 Å². The third-order valence-electron chi connectivity index (χ3n) is 2.12. The van der Waals surface area contributed by atoms with Crippen molar-refractivity contribution in [3.05, 3.63) is 40.8 Å². The van der Waals surface area contributed by atoms with Gasteiger partial charge in [-0.1, -0.05) is 0 Å². The van der Waals surface area contributed by atoms with Crippen LogP contribution in [-0.4, -0.2) is 20.7 Å². The van der Waals surface area contributed by atoms with E-state index in [9.17, 15) is 4.79 Å². The van der Waals surface area contributed by atoms with Gasteiger partial charge in [-0.05, 0) is 34.1 Å². The molecule has 0 radical (unpaired) electrons. The van der Waals surface area contributed by atoms with E-state index in [1.807, 2.05) is 6.07 Å². The summed E-state index contributed by atoms with van der Waals surface area (Å²) in [5.41, 5.74) is 6.12. The number of rotatable bonds is 4. The highest BCUT2D eigenvalue weighted by Gasteiger charge is 2.06. The molecule has 94 valence electrons. The van der Waals surface area contributed by atoms with Gasteiger partial charge in [-0.15, -0.1) is 0 Å². The fourth-order valence-electron chi connectivity index (χ4n) is 1.29. The van der Waals surface area contributed by atoms with Gasteiger partial charge in [0.05, 0.1) is 5.69 Å². The molecular weight excluding hydrogens is 300 g/mol. The van der Waals surface area contributed by atoms with Crippen LogP contribution in [-0.2, 0) is 22.7 Å². The lowest BCUT2D eigenvalue weighted by molar-refractivity contribution is -0.146. The van der Waals surface area contributed by atoms with Crippen LogP contribution in [0.3, 0.4) is 0 Å². The van der Waals surface area contributed by atoms with Crippen LogP contribution in [0.2, 0.25) is 0 Å². The molecule has 7 heteroatoms. The predicted octanol–water partition coefficient (Wildman–Crippen LogP) is 1.37. The van der Waals surface area contributed by atoms with Crippen molar-refractivity contribution in [1.29, 1.82) is 0 Å². The lowest BCUT2D eigenvalue weighted by atomic mass is 10.4. The molecule has 0 fully saturated rings. The normalized spacial score (nSPS) is 10.3. The zero-order valence-electron chi connectivity index (χ0n) is 9.41. The maximum absolute atomic E-state index is 11.5. The number of nitrogens with two attached hydrogens (primary N) is 1. The summed E-state index contributed by atoms with van der Waals surface area (Å²) in [7, 11) is 0. The van der Waals surface area contributed by atoms with Gasteiger partial charge >= 0.3 is 5.97 Å². The zero-order chi connectivity index (χ0) is 13.0. The largest absolute Gasteiger partial charge is 0.458 e. The summed E-state index contributed by atoms with van der Waals surface area (Å²) in [5, 5.41) is 3.89. The van der Waals surface area contributed by atoms with Gasteiger partial charge in [0.1, 0.15) is 19.0 Å². The van der Waals surface area contributed by atoms with Gasteiger partial charge < -0.3 is 10.5 Å². The second kappa shape index (κ2) is 5.63. The quantitative estimate of drug-likeness (QED) is 0.862. The second-order valence-corrected chi connectivity index (χ2v) is 4.48. The Hall–Kier alpha value is -1.89. The van der Waals surface area contributed by atoms with Crippen LogP contribution in [0.5, 0.6) is 0 Å². The summed E-state index contributed by atoms with van der Waals surface area (Å²) < 4.78 is 7.37. The smallest absolute Gasteiger partial charge is 0.328 e. The molecule has 2 aromatic rings. The number of ether oxygens (including phenoxy) is 1. The lowest BCUT2D eigenvalue weighted by Crippen LogP contribution is -2.14. The molecule has 2 heterocycles. The monoisotopic (exact) mass is 310 g/mol. The molecule has 2 aromatic heterocycles. The van der Waals surface area contributed by atoms with E-state index in [4.69, 9.17) is 10.5 Å². The second-order valence-electron chi connectivity index (χ2n) is 3.57. The first-order valence-electron chi connectivity index (χ1n) is 5.18. The number of nitrogen functional groups attached to an aromatic ring is 1. The molecule has 2 N–H and O–H groups in total. The Morgan fingerprint density at radius 1 is 1.44 bits per heavy atom. The van der Waals surface area contributed by atoms with E-state index in [1.54, 1.807) is 24.5 Å². The maximum atomic E-state index is 11.5. The average molecular weight is 311 g/mol. The summed E-state index contributed by atoms with van der Waals surface area (Å²) >= 11 is 3.28. The van der Waals surface area contributed by atoms with Crippen molar-refractivity contribution >= 4 is 27.7 Å². The topological polar surface area (TPSA) is 83.0 Å². The number of halogens is 1. The van der Waals surface area contributed by atoms with Gasteiger partial charge in [0.25, 0.3) is 0 Å². The minimum Gasteiger partial charge on any atom is -0.458 e. The fourth-order valence-corrected chi connectivity index (χ4v) is 1.52. The fraction of sp³-hybridized carbons (Fsp3) is 0.182. The van der Waals surface area contributed by atoms with Gasteiger partial charge in [0.2, 0.25) is 0 Å². The number of esters is 1. The summed E-state index contributed by atoms with van der Waals surface area (Å²) in [6.07, 6.45) is 3.27. The van der Waals surface area contributed by atoms with E-state index in [-0.39, 0.29) is 19.1 Å². The molecule has 0 aromatic carbocycles. The van der Waals surface area contributed by atoms with Gasteiger partial charge in [0.15, 0.2) is 0 Å². The molecule has 0 amide bonds. The van der Waals surface area contributed by atoms with Crippen LogP contribution in [0.25, 0.3) is 0 Å². The average Bonchev–Trinajstić information content (AvgIpc) is 2.74. The van der Waals surface area contributed by atoms with Crippen molar-refractivity contribution in [2.24, 2.45) is 0 Å². The molecule has 0 atom stereocenters. The molecule has 6 nitrogen and oxygen atoms in total. The number of carbonyl (C=O) groups is 1. The van der Waals surface area contributed by atoms with E-state index in [0.29, 0.717) is 11.5 Å². The number of hydrogen-bond acceptors (Lipinski definition) is 5. The Labute approximate surface area is 112 Å². The van der Waals surface area contributed by atoms with Crippen LogP contribution in [0.4, 0.5) is 5.82 Å². The molecule has 0 aliphatic rings. The highest BCUT2D eigenvalue weighted by Crippen LogP contribution is 2.08. The number of pyridine rings is 1. The number of aromatic nitrogens is 3. The van der Waals surface area contributed by atoms with Gasteiger partial charge in [-0.25, -0.2) is 0 Å².